The van der Waals surface area contributed by atoms with Crippen molar-refractivity contribution in [2.45, 2.75) is 32.6 Å². The zero-order chi connectivity index (χ0) is 9.68. The van der Waals surface area contributed by atoms with Crippen molar-refractivity contribution < 1.29 is 0 Å². The van der Waals surface area contributed by atoms with Gasteiger partial charge >= 0.3 is 0 Å². The van der Waals surface area contributed by atoms with Crippen LogP contribution in [-0.2, 0) is 0 Å². The molecule has 0 radical (unpaired) electrons. The molecule has 74 valence electrons. The third kappa shape index (κ3) is 3.00. The van der Waals surface area contributed by atoms with Crippen LogP contribution in [0.25, 0.3) is 0 Å². The molecule has 2 nitrogen and oxygen atoms in total. The lowest BCUT2D eigenvalue weighted by Gasteiger charge is -2.22. The van der Waals surface area contributed by atoms with E-state index in [1.165, 1.54) is 25.8 Å². The molecule has 1 rings (SSSR count). The second-order valence-corrected chi connectivity index (χ2v) is 4.16. The zero-order valence-electron chi connectivity index (χ0n) is 8.79. The van der Waals surface area contributed by atoms with E-state index in [1.807, 2.05) is 0 Å². The molecule has 1 saturated heterocycles. The Balaban J connectivity index is 2.51. The van der Waals surface area contributed by atoms with Gasteiger partial charge in [-0.25, -0.2) is 0 Å². The van der Waals surface area contributed by atoms with Crippen LogP contribution in [0.5, 0.6) is 0 Å². The Labute approximate surface area is 81.5 Å². The molecule has 2 unspecified atom stereocenters. The first kappa shape index (κ1) is 10.5. The third-order valence-corrected chi connectivity index (χ3v) is 3.09. The van der Waals surface area contributed by atoms with Crippen LogP contribution in [0.3, 0.4) is 0 Å². The molecule has 1 aliphatic rings. The lowest BCUT2D eigenvalue weighted by molar-refractivity contribution is 0.260. The Hall–Kier alpha value is -0.550. The SMILES string of the molecule is CCC(C#N)C1CCCCN(C)C1. The summed E-state index contributed by atoms with van der Waals surface area (Å²) in [6.45, 7) is 4.45. The van der Waals surface area contributed by atoms with E-state index >= 15 is 0 Å². The summed E-state index contributed by atoms with van der Waals surface area (Å²) in [5.41, 5.74) is 0. The summed E-state index contributed by atoms with van der Waals surface area (Å²) in [4.78, 5) is 2.37. The normalized spacial score (nSPS) is 27.6. The van der Waals surface area contributed by atoms with Crippen molar-refractivity contribution in [1.82, 2.24) is 4.90 Å². The third-order valence-electron chi connectivity index (χ3n) is 3.09. The fourth-order valence-corrected chi connectivity index (χ4v) is 2.23. The molecule has 0 aliphatic carbocycles. The molecule has 1 fully saturated rings. The van der Waals surface area contributed by atoms with Gasteiger partial charge in [0.25, 0.3) is 0 Å². The van der Waals surface area contributed by atoms with Gasteiger partial charge in [0.15, 0.2) is 0 Å². The number of nitriles is 1. The minimum Gasteiger partial charge on any atom is -0.306 e. The summed E-state index contributed by atoms with van der Waals surface area (Å²) < 4.78 is 0. The highest BCUT2D eigenvalue weighted by atomic mass is 15.1. The van der Waals surface area contributed by atoms with Gasteiger partial charge in [-0.3, -0.25) is 0 Å². The number of hydrogen-bond donors (Lipinski definition) is 0. The Bertz CT molecular complexity index is 183. The van der Waals surface area contributed by atoms with Gasteiger partial charge in [-0.1, -0.05) is 13.3 Å². The minimum absolute atomic E-state index is 0.278. The molecule has 0 amide bonds. The van der Waals surface area contributed by atoms with E-state index in [-0.39, 0.29) is 5.92 Å². The Morgan fingerprint density at radius 3 is 2.92 bits per heavy atom. The van der Waals surface area contributed by atoms with E-state index in [9.17, 15) is 0 Å². The summed E-state index contributed by atoms with van der Waals surface area (Å²) in [6, 6.07) is 2.44. The molecule has 13 heavy (non-hydrogen) atoms. The van der Waals surface area contributed by atoms with Crippen LogP contribution < -0.4 is 0 Å². The van der Waals surface area contributed by atoms with E-state index in [0.717, 1.165) is 13.0 Å². The van der Waals surface area contributed by atoms with Crippen LogP contribution in [0, 0.1) is 23.2 Å². The highest BCUT2D eigenvalue weighted by molar-refractivity contribution is 4.89. The zero-order valence-corrected chi connectivity index (χ0v) is 8.79. The number of rotatable bonds is 2. The molecule has 0 N–H and O–H groups in total. The molecule has 0 bridgehead atoms. The summed E-state index contributed by atoms with van der Waals surface area (Å²) in [6.07, 6.45) is 4.85. The van der Waals surface area contributed by atoms with Crippen molar-refractivity contribution in [3.8, 4) is 6.07 Å². The average Bonchev–Trinajstić information content (AvgIpc) is 2.32. The maximum absolute atomic E-state index is 8.99. The molecule has 1 heterocycles. The van der Waals surface area contributed by atoms with Gasteiger partial charge in [-0.2, -0.15) is 5.26 Å². The van der Waals surface area contributed by atoms with Gasteiger partial charge < -0.3 is 4.90 Å². The maximum Gasteiger partial charge on any atom is 0.0659 e. The van der Waals surface area contributed by atoms with E-state index in [0.29, 0.717) is 5.92 Å². The van der Waals surface area contributed by atoms with Crippen molar-refractivity contribution in [3.63, 3.8) is 0 Å². The quantitative estimate of drug-likeness (QED) is 0.652. The van der Waals surface area contributed by atoms with E-state index in [2.05, 4.69) is 24.9 Å². The second-order valence-electron chi connectivity index (χ2n) is 4.16. The van der Waals surface area contributed by atoms with E-state index < -0.39 is 0 Å². The standard InChI is InChI=1S/C11H20N2/c1-3-10(8-12)11-6-4-5-7-13(2)9-11/h10-11H,3-7,9H2,1-2H3. The van der Waals surface area contributed by atoms with Crippen molar-refractivity contribution in [2.75, 3.05) is 20.1 Å². The number of likely N-dealkylation sites (tertiary alicyclic amines) is 1. The first-order chi connectivity index (χ1) is 6.27. The Morgan fingerprint density at radius 2 is 2.31 bits per heavy atom. The lowest BCUT2D eigenvalue weighted by atomic mass is 9.87. The summed E-state index contributed by atoms with van der Waals surface area (Å²) in [5.74, 6) is 0.892. The fraction of sp³-hybridized carbons (Fsp3) is 0.909. The van der Waals surface area contributed by atoms with Gasteiger partial charge in [0, 0.05) is 6.54 Å². The number of nitrogens with zero attached hydrogens (tertiary/aromatic N) is 2. The highest BCUT2D eigenvalue weighted by Crippen LogP contribution is 2.24. The maximum atomic E-state index is 8.99. The second kappa shape index (κ2) is 5.24. The first-order valence-electron chi connectivity index (χ1n) is 5.36. The average molecular weight is 180 g/mol. The van der Waals surface area contributed by atoms with E-state index in [1.54, 1.807) is 0 Å². The van der Waals surface area contributed by atoms with Crippen LogP contribution in [0.15, 0.2) is 0 Å². The topological polar surface area (TPSA) is 27.0 Å². The van der Waals surface area contributed by atoms with Gasteiger partial charge in [0.05, 0.1) is 12.0 Å². The molecule has 0 aromatic carbocycles. The highest BCUT2D eigenvalue weighted by Gasteiger charge is 2.22. The van der Waals surface area contributed by atoms with Gasteiger partial charge in [0.1, 0.15) is 0 Å². The van der Waals surface area contributed by atoms with Crippen LogP contribution in [-0.4, -0.2) is 25.0 Å². The van der Waals surface area contributed by atoms with Crippen LogP contribution >= 0.6 is 0 Å². The minimum atomic E-state index is 0.278. The summed E-state index contributed by atoms with van der Waals surface area (Å²) in [5, 5.41) is 8.99. The molecular formula is C11H20N2. The Kier molecular flexibility index (Phi) is 4.24. The monoisotopic (exact) mass is 180 g/mol. The van der Waals surface area contributed by atoms with Crippen LogP contribution in [0.1, 0.15) is 32.6 Å². The van der Waals surface area contributed by atoms with Crippen LogP contribution in [0.4, 0.5) is 0 Å². The molecular weight excluding hydrogens is 160 g/mol. The molecule has 2 heteroatoms. The van der Waals surface area contributed by atoms with Crippen molar-refractivity contribution in [2.24, 2.45) is 11.8 Å². The summed E-state index contributed by atoms with van der Waals surface area (Å²) in [7, 11) is 2.17. The molecule has 0 aromatic heterocycles. The Morgan fingerprint density at radius 1 is 1.54 bits per heavy atom. The fourth-order valence-electron chi connectivity index (χ4n) is 2.23. The molecule has 0 saturated carbocycles. The predicted octanol–water partition coefficient (Wildman–Crippen LogP) is 2.27. The molecule has 2 atom stereocenters. The lowest BCUT2D eigenvalue weighted by Crippen LogP contribution is -2.27. The van der Waals surface area contributed by atoms with Gasteiger partial charge in [-0.05, 0) is 38.8 Å². The van der Waals surface area contributed by atoms with E-state index in [4.69, 9.17) is 5.26 Å². The molecule has 0 spiro atoms. The largest absolute Gasteiger partial charge is 0.306 e. The smallest absolute Gasteiger partial charge is 0.0659 e. The van der Waals surface area contributed by atoms with Crippen molar-refractivity contribution in [3.05, 3.63) is 0 Å². The van der Waals surface area contributed by atoms with Crippen molar-refractivity contribution in [1.29, 1.82) is 5.26 Å². The summed E-state index contributed by atoms with van der Waals surface area (Å²) >= 11 is 0. The molecule has 1 aliphatic heterocycles. The molecule has 0 aromatic rings. The first-order valence-corrected chi connectivity index (χ1v) is 5.36. The van der Waals surface area contributed by atoms with Gasteiger partial charge in [-0.15, -0.1) is 0 Å². The van der Waals surface area contributed by atoms with Crippen molar-refractivity contribution >= 4 is 0 Å². The predicted molar refractivity (Wildman–Crippen MR) is 54.2 cm³/mol. The van der Waals surface area contributed by atoms with Gasteiger partial charge in [0.2, 0.25) is 0 Å². The van der Waals surface area contributed by atoms with Crippen LogP contribution in [0.2, 0.25) is 0 Å². The number of hydrogen-bond acceptors (Lipinski definition) is 2.